The molecule has 27 heavy (non-hydrogen) atoms. The molecule has 1 N–H and O–H groups in total. The number of hydrogen-bond donors (Lipinski definition) is 1. The topological polar surface area (TPSA) is 54.5 Å². The second-order valence-electron chi connectivity index (χ2n) is 7.10. The van der Waals surface area contributed by atoms with Crippen molar-refractivity contribution in [1.82, 2.24) is 15.2 Å². The molecule has 0 fully saturated rings. The summed E-state index contributed by atoms with van der Waals surface area (Å²) in [6.45, 7) is 6.80. The van der Waals surface area contributed by atoms with E-state index in [2.05, 4.69) is 35.8 Å². The molecule has 0 spiro atoms. The van der Waals surface area contributed by atoms with Gasteiger partial charge in [-0.3, -0.25) is 0 Å². The maximum absolute atomic E-state index is 12.2. The number of thiazole rings is 1. The van der Waals surface area contributed by atoms with E-state index in [4.69, 9.17) is 0 Å². The molecule has 0 radical (unpaired) electrons. The zero-order valence-electron chi connectivity index (χ0n) is 15.6. The van der Waals surface area contributed by atoms with Crippen LogP contribution in [-0.2, 0) is 18.5 Å². The smallest absolute Gasteiger partial charge is 0.406 e. The Morgan fingerprint density at radius 3 is 2.37 bits per heavy atom. The van der Waals surface area contributed by atoms with Crippen molar-refractivity contribution >= 4 is 17.4 Å². The summed E-state index contributed by atoms with van der Waals surface area (Å²) in [6, 6.07) is 5.12. The average molecular weight is 401 g/mol. The Bertz CT molecular complexity index is 767. The lowest BCUT2D eigenvalue weighted by Crippen LogP contribution is -2.36. The number of urea groups is 1. The standard InChI is InChI=1S/C18H22F3N3O2S/c1-17(2,3)15-23-13(11-27-15)9-22-16(25)24(4)10-12-5-7-14(8-6-12)26-18(19,20)21/h5-8,11H,9-10H2,1-4H3,(H,22,25). The van der Waals surface area contributed by atoms with Crippen LogP contribution in [-0.4, -0.2) is 29.3 Å². The maximum atomic E-state index is 12.2. The van der Waals surface area contributed by atoms with Gasteiger partial charge < -0.3 is 15.0 Å². The molecule has 0 saturated carbocycles. The Kier molecular flexibility index (Phi) is 6.35. The van der Waals surface area contributed by atoms with Crippen LogP contribution in [0.1, 0.15) is 37.0 Å². The first-order chi connectivity index (χ1) is 12.4. The largest absolute Gasteiger partial charge is 0.573 e. The number of carbonyl (C=O) groups excluding carboxylic acids is 1. The van der Waals surface area contributed by atoms with E-state index in [1.165, 1.54) is 29.2 Å². The summed E-state index contributed by atoms with van der Waals surface area (Å²) in [4.78, 5) is 18.2. The second-order valence-corrected chi connectivity index (χ2v) is 7.96. The number of ether oxygens (including phenoxy) is 1. The van der Waals surface area contributed by atoms with Crippen LogP contribution in [0.2, 0.25) is 0 Å². The summed E-state index contributed by atoms with van der Waals surface area (Å²) in [7, 11) is 1.61. The van der Waals surface area contributed by atoms with Crippen LogP contribution in [0.5, 0.6) is 5.75 Å². The van der Waals surface area contributed by atoms with Crippen molar-refractivity contribution in [3.8, 4) is 5.75 Å². The number of aromatic nitrogens is 1. The highest BCUT2D eigenvalue weighted by Gasteiger charge is 2.31. The third kappa shape index (κ3) is 6.74. The van der Waals surface area contributed by atoms with Crippen molar-refractivity contribution in [3.05, 3.63) is 45.9 Å². The van der Waals surface area contributed by atoms with E-state index in [9.17, 15) is 18.0 Å². The first-order valence-electron chi connectivity index (χ1n) is 8.22. The number of carbonyl (C=O) groups is 1. The van der Waals surface area contributed by atoms with E-state index < -0.39 is 6.36 Å². The number of halogens is 3. The Labute approximate surface area is 160 Å². The lowest BCUT2D eigenvalue weighted by atomic mass is 9.98. The molecule has 5 nitrogen and oxygen atoms in total. The van der Waals surface area contributed by atoms with Crippen molar-refractivity contribution < 1.29 is 22.7 Å². The van der Waals surface area contributed by atoms with Crippen molar-refractivity contribution in [2.45, 2.75) is 45.6 Å². The SMILES string of the molecule is CN(Cc1ccc(OC(F)(F)F)cc1)C(=O)NCc1csc(C(C)(C)C)n1. The van der Waals surface area contributed by atoms with Crippen LogP contribution in [0.15, 0.2) is 29.6 Å². The quantitative estimate of drug-likeness (QED) is 0.791. The second kappa shape index (κ2) is 8.16. The van der Waals surface area contributed by atoms with Gasteiger partial charge in [-0.15, -0.1) is 24.5 Å². The van der Waals surface area contributed by atoms with E-state index in [1.807, 2.05) is 5.38 Å². The van der Waals surface area contributed by atoms with Gasteiger partial charge in [-0.2, -0.15) is 0 Å². The lowest BCUT2D eigenvalue weighted by Gasteiger charge is -2.18. The molecular weight excluding hydrogens is 379 g/mol. The fourth-order valence-electron chi connectivity index (χ4n) is 2.18. The Morgan fingerprint density at radius 2 is 1.85 bits per heavy atom. The van der Waals surface area contributed by atoms with Gasteiger partial charge in [0.15, 0.2) is 0 Å². The fraction of sp³-hybridized carbons (Fsp3) is 0.444. The third-order valence-electron chi connectivity index (χ3n) is 3.54. The summed E-state index contributed by atoms with van der Waals surface area (Å²) in [5, 5.41) is 5.70. The molecule has 2 rings (SSSR count). The molecule has 0 aliphatic heterocycles. The summed E-state index contributed by atoms with van der Waals surface area (Å²) in [6.07, 6.45) is -4.72. The molecule has 0 unspecified atom stereocenters. The van der Waals surface area contributed by atoms with Crippen molar-refractivity contribution in [2.75, 3.05) is 7.05 Å². The Morgan fingerprint density at radius 1 is 1.22 bits per heavy atom. The van der Waals surface area contributed by atoms with Crippen LogP contribution < -0.4 is 10.1 Å². The fourth-order valence-corrected chi connectivity index (χ4v) is 3.08. The minimum Gasteiger partial charge on any atom is -0.406 e. The first kappa shape index (κ1) is 21.0. The highest BCUT2D eigenvalue weighted by atomic mass is 32.1. The molecule has 1 aromatic heterocycles. The highest BCUT2D eigenvalue weighted by molar-refractivity contribution is 7.09. The minimum absolute atomic E-state index is 0.0360. The number of alkyl halides is 3. The molecule has 0 saturated heterocycles. The summed E-state index contributed by atoms with van der Waals surface area (Å²) in [5.41, 5.74) is 1.44. The molecule has 0 aliphatic rings. The van der Waals surface area contributed by atoms with E-state index in [0.717, 1.165) is 10.7 Å². The van der Waals surface area contributed by atoms with Crippen LogP contribution in [0, 0.1) is 0 Å². The molecular formula is C18H22F3N3O2S. The van der Waals surface area contributed by atoms with Gasteiger partial charge in [-0.1, -0.05) is 32.9 Å². The number of nitrogens with one attached hydrogen (secondary N) is 1. The van der Waals surface area contributed by atoms with Crippen LogP contribution in [0.4, 0.5) is 18.0 Å². The lowest BCUT2D eigenvalue weighted by molar-refractivity contribution is -0.274. The minimum atomic E-state index is -4.72. The van der Waals surface area contributed by atoms with E-state index in [1.54, 1.807) is 18.4 Å². The summed E-state index contributed by atoms with van der Waals surface area (Å²) < 4.78 is 40.3. The summed E-state index contributed by atoms with van der Waals surface area (Å²) >= 11 is 1.56. The molecule has 0 aliphatic carbocycles. The van der Waals surface area contributed by atoms with E-state index >= 15 is 0 Å². The van der Waals surface area contributed by atoms with Crippen LogP contribution in [0.3, 0.4) is 0 Å². The van der Waals surface area contributed by atoms with Crippen molar-refractivity contribution in [2.24, 2.45) is 0 Å². The Hall–Kier alpha value is -2.29. The number of rotatable bonds is 5. The van der Waals surface area contributed by atoms with E-state index in [0.29, 0.717) is 12.1 Å². The first-order valence-corrected chi connectivity index (χ1v) is 9.10. The molecule has 2 amide bonds. The number of hydrogen-bond acceptors (Lipinski definition) is 4. The molecule has 0 bridgehead atoms. The van der Waals surface area contributed by atoms with Gasteiger partial charge >= 0.3 is 12.4 Å². The molecule has 1 heterocycles. The van der Waals surface area contributed by atoms with Crippen molar-refractivity contribution in [3.63, 3.8) is 0 Å². The number of amides is 2. The monoisotopic (exact) mass is 401 g/mol. The number of benzene rings is 1. The van der Waals surface area contributed by atoms with Gasteiger partial charge in [-0.25, -0.2) is 9.78 Å². The predicted molar refractivity (Wildman–Crippen MR) is 97.6 cm³/mol. The van der Waals surface area contributed by atoms with Crippen molar-refractivity contribution in [1.29, 1.82) is 0 Å². The predicted octanol–water partition coefficient (Wildman–Crippen LogP) is 4.68. The van der Waals surface area contributed by atoms with Gasteiger partial charge in [0.1, 0.15) is 5.75 Å². The van der Waals surface area contributed by atoms with Crippen LogP contribution in [0.25, 0.3) is 0 Å². The van der Waals surface area contributed by atoms with Gasteiger partial charge in [-0.05, 0) is 17.7 Å². The van der Waals surface area contributed by atoms with Gasteiger partial charge in [0.2, 0.25) is 0 Å². The molecule has 1 aromatic carbocycles. The summed E-state index contributed by atoms with van der Waals surface area (Å²) in [5.74, 6) is -0.295. The normalized spacial score (nSPS) is 12.0. The average Bonchev–Trinajstić information content (AvgIpc) is 3.02. The highest BCUT2D eigenvalue weighted by Crippen LogP contribution is 2.25. The molecule has 2 aromatic rings. The van der Waals surface area contributed by atoms with Gasteiger partial charge in [0.25, 0.3) is 0 Å². The van der Waals surface area contributed by atoms with Crippen LogP contribution >= 0.6 is 11.3 Å². The molecule has 9 heteroatoms. The van der Waals surface area contributed by atoms with Gasteiger partial charge in [0.05, 0.1) is 17.2 Å². The number of nitrogens with zero attached hydrogens (tertiary/aromatic N) is 2. The maximum Gasteiger partial charge on any atom is 0.573 e. The van der Waals surface area contributed by atoms with E-state index in [-0.39, 0.29) is 23.7 Å². The molecule has 0 atom stereocenters. The Balaban J connectivity index is 1.85. The zero-order valence-corrected chi connectivity index (χ0v) is 16.4. The molecule has 148 valence electrons. The van der Waals surface area contributed by atoms with Gasteiger partial charge in [0, 0.05) is 24.4 Å². The zero-order chi connectivity index (χ0) is 20.2. The third-order valence-corrected chi connectivity index (χ3v) is 4.85.